The highest BCUT2D eigenvalue weighted by molar-refractivity contribution is 7.16. The number of rotatable bonds is 3. The molecule has 1 aliphatic carbocycles. The Morgan fingerprint density at radius 2 is 2.24 bits per heavy atom. The van der Waals surface area contributed by atoms with Crippen molar-refractivity contribution in [3.8, 4) is 0 Å². The van der Waals surface area contributed by atoms with Crippen molar-refractivity contribution in [1.82, 2.24) is 4.57 Å². The zero-order valence-corrected chi connectivity index (χ0v) is 12.2. The first kappa shape index (κ1) is 13.9. The number of halogens is 1. The van der Waals surface area contributed by atoms with E-state index in [2.05, 4.69) is 9.73 Å². The first-order valence-electron chi connectivity index (χ1n) is 6.53. The lowest BCUT2D eigenvalue weighted by Crippen LogP contribution is -2.22. The highest BCUT2D eigenvalue weighted by Crippen LogP contribution is 2.30. The molecule has 5 nitrogen and oxygen atoms in total. The Balaban J connectivity index is 2.14. The van der Waals surface area contributed by atoms with Crippen molar-refractivity contribution < 1.29 is 18.7 Å². The summed E-state index contributed by atoms with van der Waals surface area (Å²) in [7, 11) is 1.29. The summed E-state index contributed by atoms with van der Waals surface area (Å²) in [6.45, 7) is -0.0566. The van der Waals surface area contributed by atoms with Crippen LogP contribution in [-0.2, 0) is 20.9 Å². The Labute approximate surface area is 123 Å². The van der Waals surface area contributed by atoms with Crippen molar-refractivity contribution in [3.63, 3.8) is 0 Å². The SMILES string of the molecule is COC(=O)Cn1c(=NC(=O)C2CC2)sc2cc(F)ccc21. The molecular formula is C14H13FN2O3S. The van der Waals surface area contributed by atoms with Crippen LogP contribution in [0.15, 0.2) is 23.2 Å². The molecule has 1 aromatic carbocycles. The van der Waals surface area contributed by atoms with E-state index in [1.165, 1.54) is 30.6 Å². The van der Waals surface area contributed by atoms with Gasteiger partial charge in [-0.1, -0.05) is 11.3 Å². The number of fused-ring (bicyclic) bond motifs is 1. The summed E-state index contributed by atoms with van der Waals surface area (Å²) in [4.78, 5) is 27.9. The van der Waals surface area contributed by atoms with Crippen LogP contribution in [0.2, 0.25) is 0 Å². The van der Waals surface area contributed by atoms with Crippen LogP contribution < -0.4 is 4.80 Å². The zero-order chi connectivity index (χ0) is 15.0. The molecule has 1 fully saturated rings. The summed E-state index contributed by atoms with van der Waals surface area (Å²) >= 11 is 1.19. The van der Waals surface area contributed by atoms with Gasteiger partial charge < -0.3 is 9.30 Å². The minimum atomic E-state index is -0.445. The Morgan fingerprint density at radius 1 is 1.48 bits per heavy atom. The zero-order valence-electron chi connectivity index (χ0n) is 11.3. The van der Waals surface area contributed by atoms with Crippen molar-refractivity contribution in [1.29, 1.82) is 0 Å². The topological polar surface area (TPSA) is 60.7 Å². The molecule has 2 aromatic rings. The number of benzene rings is 1. The maximum absolute atomic E-state index is 13.3. The van der Waals surface area contributed by atoms with Gasteiger partial charge in [0.25, 0.3) is 5.91 Å². The van der Waals surface area contributed by atoms with E-state index in [1.54, 1.807) is 10.6 Å². The summed E-state index contributed by atoms with van der Waals surface area (Å²) in [5.74, 6) is -0.993. The monoisotopic (exact) mass is 308 g/mol. The molecule has 0 N–H and O–H groups in total. The normalized spacial score (nSPS) is 15.4. The van der Waals surface area contributed by atoms with E-state index in [4.69, 9.17) is 0 Å². The summed E-state index contributed by atoms with van der Waals surface area (Å²) in [6, 6.07) is 4.26. The molecule has 21 heavy (non-hydrogen) atoms. The molecule has 0 unspecified atom stereocenters. The second-order valence-electron chi connectivity index (χ2n) is 4.88. The molecule has 0 radical (unpaired) electrons. The first-order valence-corrected chi connectivity index (χ1v) is 7.34. The maximum Gasteiger partial charge on any atom is 0.325 e. The lowest BCUT2D eigenvalue weighted by Gasteiger charge is -2.03. The molecule has 0 spiro atoms. The third kappa shape index (κ3) is 2.87. The lowest BCUT2D eigenvalue weighted by atomic mass is 10.3. The van der Waals surface area contributed by atoms with E-state index in [-0.39, 0.29) is 24.2 Å². The van der Waals surface area contributed by atoms with E-state index < -0.39 is 5.97 Å². The van der Waals surface area contributed by atoms with Crippen LogP contribution in [0.4, 0.5) is 4.39 Å². The molecule has 1 heterocycles. The van der Waals surface area contributed by atoms with Gasteiger partial charge >= 0.3 is 5.97 Å². The van der Waals surface area contributed by atoms with Crippen LogP contribution in [0, 0.1) is 11.7 Å². The quantitative estimate of drug-likeness (QED) is 0.813. The smallest absolute Gasteiger partial charge is 0.325 e. The molecule has 0 saturated heterocycles. The number of esters is 1. The summed E-state index contributed by atoms with van der Waals surface area (Å²) in [5.41, 5.74) is 0.661. The van der Waals surface area contributed by atoms with Crippen molar-refractivity contribution in [2.75, 3.05) is 7.11 Å². The fourth-order valence-corrected chi connectivity index (χ4v) is 3.05. The van der Waals surface area contributed by atoms with Crippen molar-refractivity contribution in [3.05, 3.63) is 28.8 Å². The second-order valence-corrected chi connectivity index (χ2v) is 5.89. The fourth-order valence-electron chi connectivity index (χ4n) is 1.99. The predicted molar refractivity (Wildman–Crippen MR) is 75.1 cm³/mol. The number of amides is 1. The molecule has 3 rings (SSSR count). The van der Waals surface area contributed by atoms with E-state index >= 15 is 0 Å². The minimum Gasteiger partial charge on any atom is -0.468 e. The third-order valence-electron chi connectivity index (χ3n) is 3.29. The van der Waals surface area contributed by atoms with Gasteiger partial charge in [0, 0.05) is 5.92 Å². The summed E-state index contributed by atoms with van der Waals surface area (Å²) in [6.07, 6.45) is 1.72. The van der Waals surface area contributed by atoms with Crippen molar-refractivity contribution >= 4 is 33.4 Å². The molecular weight excluding hydrogens is 295 g/mol. The van der Waals surface area contributed by atoms with Gasteiger partial charge in [0.15, 0.2) is 4.80 Å². The highest BCUT2D eigenvalue weighted by Gasteiger charge is 2.29. The largest absolute Gasteiger partial charge is 0.468 e. The minimum absolute atomic E-state index is 0.00137. The molecule has 0 bridgehead atoms. The second kappa shape index (κ2) is 5.40. The first-order chi connectivity index (χ1) is 10.1. The number of hydrogen-bond acceptors (Lipinski definition) is 4. The van der Waals surface area contributed by atoms with Crippen LogP contribution in [0.25, 0.3) is 10.2 Å². The van der Waals surface area contributed by atoms with Gasteiger partial charge in [-0.25, -0.2) is 4.39 Å². The van der Waals surface area contributed by atoms with Gasteiger partial charge in [-0.2, -0.15) is 4.99 Å². The predicted octanol–water partition coefficient (Wildman–Crippen LogP) is 1.85. The number of hydrogen-bond donors (Lipinski definition) is 0. The fraction of sp³-hybridized carbons (Fsp3) is 0.357. The Hall–Kier alpha value is -2.02. The van der Waals surface area contributed by atoms with Gasteiger partial charge in [-0.3, -0.25) is 9.59 Å². The molecule has 1 aliphatic rings. The van der Waals surface area contributed by atoms with Crippen LogP contribution in [0.3, 0.4) is 0 Å². The molecule has 1 saturated carbocycles. The Kier molecular flexibility index (Phi) is 3.59. The molecule has 0 aliphatic heterocycles. The van der Waals surface area contributed by atoms with Crippen LogP contribution >= 0.6 is 11.3 Å². The molecule has 0 atom stereocenters. The van der Waals surface area contributed by atoms with E-state index in [9.17, 15) is 14.0 Å². The number of ether oxygens (including phenoxy) is 1. The standard InChI is InChI=1S/C14H13FN2O3S/c1-20-12(18)7-17-10-5-4-9(15)6-11(10)21-14(17)16-13(19)8-2-3-8/h4-6,8H,2-3,7H2,1H3. The van der Waals surface area contributed by atoms with Gasteiger partial charge in [-0.05, 0) is 31.0 Å². The van der Waals surface area contributed by atoms with E-state index in [1.807, 2.05) is 0 Å². The lowest BCUT2D eigenvalue weighted by molar-refractivity contribution is -0.141. The maximum atomic E-state index is 13.3. The molecule has 1 amide bonds. The number of carbonyl (C=O) groups is 2. The van der Waals surface area contributed by atoms with Gasteiger partial charge in [-0.15, -0.1) is 0 Å². The number of nitrogens with zero attached hydrogens (tertiary/aromatic N) is 2. The van der Waals surface area contributed by atoms with Gasteiger partial charge in [0.1, 0.15) is 12.4 Å². The Bertz CT molecular complexity index is 789. The molecule has 1 aromatic heterocycles. The average Bonchev–Trinajstić information content (AvgIpc) is 3.25. The number of aromatic nitrogens is 1. The number of methoxy groups -OCH3 is 1. The number of thiazole rings is 1. The van der Waals surface area contributed by atoms with Crippen molar-refractivity contribution in [2.24, 2.45) is 10.9 Å². The Morgan fingerprint density at radius 3 is 2.90 bits per heavy atom. The van der Waals surface area contributed by atoms with Crippen LogP contribution in [0.5, 0.6) is 0 Å². The number of carbonyl (C=O) groups excluding carboxylic acids is 2. The van der Waals surface area contributed by atoms with Crippen LogP contribution in [0.1, 0.15) is 12.8 Å². The van der Waals surface area contributed by atoms with E-state index in [0.717, 1.165) is 12.8 Å². The van der Waals surface area contributed by atoms with Crippen molar-refractivity contribution in [2.45, 2.75) is 19.4 Å². The average molecular weight is 308 g/mol. The molecule has 110 valence electrons. The summed E-state index contributed by atoms with van der Waals surface area (Å²) in [5, 5.41) is 0. The third-order valence-corrected chi connectivity index (χ3v) is 4.33. The molecule has 7 heteroatoms. The van der Waals surface area contributed by atoms with Crippen LogP contribution in [-0.4, -0.2) is 23.6 Å². The summed E-state index contributed by atoms with van der Waals surface area (Å²) < 4.78 is 20.2. The van der Waals surface area contributed by atoms with Gasteiger partial charge in [0.05, 0.1) is 17.3 Å². The highest BCUT2D eigenvalue weighted by atomic mass is 32.1. The van der Waals surface area contributed by atoms with E-state index in [0.29, 0.717) is 15.0 Å². The van der Waals surface area contributed by atoms with Gasteiger partial charge in [0.2, 0.25) is 0 Å².